The predicted molar refractivity (Wildman–Crippen MR) is 116 cm³/mol. The number of nitrogens with one attached hydrogen (secondary N) is 2. The van der Waals surface area contributed by atoms with Gasteiger partial charge in [-0.05, 0) is 41.3 Å². The van der Waals surface area contributed by atoms with Crippen LogP contribution in [-0.2, 0) is 27.1 Å². The molecule has 3 N–H and O–H groups in total. The highest BCUT2D eigenvalue weighted by molar-refractivity contribution is 5.89. The van der Waals surface area contributed by atoms with Crippen molar-refractivity contribution in [2.75, 3.05) is 20.8 Å². The van der Waals surface area contributed by atoms with Crippen LogP contribution in [0, 0.1) is 5.92 Å². The van der Waals surface area contributed by atoms with E-state index in [4.69, 9.17) is 14.2 Å². The second-order valence-corrected chi connectivity index (χ2v) is 8.16. The van der Waals surface area contributed by atoms with Crippen molar-refractivity contribution < 1.29 is 28.9 Å². The summed E-state index contributed by atoms with van der Waals surface area (Å²) in [7, 11) is 2.68. The molecular formula is C24H28N2O6. The van der Waals surface area contributed by atoms with Crippen LogP contribution >= 0.6 is 0 Å². The molecule has 8 heteroatoms. The monoisotopic (exact) mass is 440 g/mol. The number of hydrazine groups is 1. The maximum atomic E-state index is 12.2. The zero-order valence-corrected chi connectivity index (χ0v) is 18.2. The summed E-state index contributed by atoms with van der Waals surface area (Å²) >= 11 is 0. The first-order valence-electron chi connectivity index (χ1n) is 10.7. The molecule has 2 heterocycles. The highest BCUT2D eigenvalue weighted by atomic mass is 16.5. The average molecular weight is 440 g/mol. The lowest BCUT2D eigenvalue weighted by Gasteiger charge is -2.29. The maximum Gasteiger partial charge on any atom is 0.337 e. The summed E-state index contributed by atoms with van der Waals surface area (Å²) in [6.45, 7) is 0.701. The van der Waals surface area contributed by atoms with Gasteiger partial charge in [0.05, 0.1) is 32.8 Å². The highest BCUT2D eigenvalue weighted by Gasteiger charge is 2.42. The third-order valence-electron chi connectivity index (χ3n) is 6.29. The van der Waals surface area contributed by atoms with Gasteiger partial charge in [0.25, 0.3) is 0 Å². The lowest BCUT2D eigenvalue weighted by Crippen LogP contribution is -2.36. The fraction of sp³-hybridized carbons (Fsp3) is 0.417. The summed E-state index contributed by atoms with van der Waals surface area (Å²) in [6.07, 6.45) is 0.809. The van der Waals surface area contributed by atoms with Crippen LogP contribution in [-0.4, -0.2) is 50.1 Å². The number of hydrogen-bond acceptors (Lipinski definition) is 8. The average Bonchev–Trinajstić information content (AvgIpc) is 3.43. The molecule has 4 atom stereocenters. The predicted octanol–water partition coefficient (Wildman–Crippen LogP) is 1.71. The lowest BCUT2D eigenvalue weighted by atomic mass is 9.77. The first-order valence-corrected chi connectivity index (χ1v) is 10.7. The van der Waals surface area contributed by atoms with Gasteiger partial charge in [0.2, 0.25) is 0 Å². The van der Waals surface area contributed by atoms with Crippen LogP contribution < -0.4 is 15.6 Å². The molecule has 0 bridgehead atoms. The molecule has 2 aromatic rings. The Balaban J connectivity index is 1.60. The van der Waals surface area contributed by atoms with Crippen molar-refractivity contribution >= 4 is 11.9 Å². The van der Waals surface area contributed by atoms with Gasteiger partial charge in [0, 0.05) is 24.3 Å². The molecule has 1 fully saturated rings. The smallest absolute Gasteiger partial charge is 0.337 e. The number of ether oxygens (including phenoxy) is 3. The maximum absolute atomic E-state index is 12.2. The van der Waals surface area contributed by atoms with Crippen LogP contribution in [0.5, 0.6) is 5.75 Å². The molecule has 2 aliphatic heterocycles. The van der Waals surface area contributed by atoms with Gasteiger partial charge in [0.1, 0.15) is 12.0 Å². The number of carbonyl (C=O) groups is 2. The molecule has 8 nitrogen and oxygen atoms in total. The second-order valence-electron chi connectivity index (χ2n) is 8.16. The zero-order valence-electron chi connectivity index (χ0n) is 18.2. The number of aliphatic hydroxyl groups is 1. The Morgan fingerprint density at radius 2 is 1.91 bits per heavy atom. The van der Waals surface area contributed by atoms with Gasteiger partial charge >= 0.3 is 11.9 Å². The fourth-order valence-electron chi connectivity index (χ4n) is 4.64. The summed E-state index contributed by atoms with van der Waals surface area (Å²) in [6, 6.07) is 13.0. The van der Waals surface area contributed by atoms with E-state index < -0.39 is 12.2 Å². The number of esters is 2. The lowest BCUT2D eigenvalue weighted by molar-refractivity contribution is -0.141. The zero-order chi connectivity index (χ0) is 22.7. The summed E-state index contributed by atoms with van der Waals surface area (Å²) in [5.41, 5.74) is 9.70. The van der Waals surface area contributed by atoms with Crippen LogP contribution in [0.2, 0.25) is 0 Å². The summed E-state index contributed by atoms with van der Waals surface area (Å²) in [5.74, 6) is -0.488. The minimum atomic E-state index is -0.854. The van der Waals surface area contributed by atoms with Crippen molar-refractivity contribution in [2.45, 2.75) is 37.5 Å². The van der Waals surface area contributed by atoms with E-state index in [1.165, 1.54) is 19.8 Å². The molecule has 0 aliphatic carbocycles. The Hall–Kier alpha value is -2.94. The Kier molecular flexibility index (Phi) is 6.74. The molecule has 4 unspecified atom stereocenters. The number of carbonyl (C=O) groups excluding carboxylic acids is 2. The Morgan fingerprint density at radius 1 is 1.12 bits per heavy atom. The number of benzene rings is 2. The minimum Gasteiger partial charge on any atom is -0.493 e. The van der Waals surface area contributed by atoms with E-state index in [2.05, 4.69) is 16.9 Å². The van der Waals surface area contributed by atoms with Crippen molar-refractivity contribution in [3.8, 4) is 5.75 Å². The number of rotatable bonds is 7. The van der Waals surface area contributed by atoms with Crippen LogP contribution in [0.1, 0.15) is 39.4 Å². The van der Waals surface area contributed by atoms with E-state index >= 15 is 0 Å². The molecule has 32 heavy (non-hydrogen) atoms. The standard InChI is InChI=1S/C24H28N2O6/c1-30-21(27)13-18(15-4-6-16(7-5-15)24(29)31-2)22-19(25-26-23(22)28)12-14-3-8-20-17(11-14)9-10-32-20/h3-8,11,18-19,22-23,25-26,28H,9-10,12-13H2,1-2H3. The molecule has 0 amide bonds. The van der Waals surface area contributed by atoms with Gasteiger partial charge in [-0.1, -0.05) is 24.3 Å². The largest absolute Gasteiger partial charge is 0.493 e. The molecule has 0 aromatic heterocycles. The number of methoxy groups -OCH3 is 2. The van der Waals surface area contributed by atoms with Gasteiger partial charge < -0.3 is 19.3 Å². The van der Waals surface area contributed by atoms with Gasteiger partial charge in [-0.2, -0.15) is 0 Å². The van der Waals surface area contributed by atoms with Crippen molar-refractivity contribution in [3.63, 3.8) is 0 Å². The van der Waals surface area contributed by atoms with Crippen molar-refractivity contribution in [1.29, 1.82) is 0 Å². The van der Waals surface area contributed by atoms with Gasteiger partial charge in [-0.15, -0.1) is 0 Å². The van der Waals surface area contributed by atoms with Gasteiger partial charge in [-0.25, -0.2) is 10.2 Å². The van der Waals surface area contributed by atoms with Gasteiger partial charge in [-0.3, -0.25) is 10.2 Å². The molecule has 0 saturated carbocycles. The summed E-state index contributed by atoms with van der Waals surface area (Å²) < 4.78 is 15.3. The second kappa shape index (κ2) is 9.68. The molecule has 0 spiro atoms. The number of fused-ring (bicyclic) bond motifs is 1. The van der Waals surface area contributed by atoms with Gasteiger partial charge in [0.15, 0.2) is 0 Å². The fourth-order valence-corrected chi connectivity index (χ4v) is 4.64. The van der Waals surface area contributed by atoms with E-state index in [1.807, 2.05) is 12.1 Å². The van der Waals surface area contributed by atoms with Crippen molar-refractivity contribution in [2.24, 2.45) is 5.92 Å². The molecule has 2 aliphatic rings. The summed E-state index contributed by atoms with van der Waals surface area (Å²) in [5, 5.41) is 10.8. The first kappa shape index (κ1) is 22.3. The van der Waals surface area contributed by atoms with E-state index in [-0.39, 0.29) is 30.3 Å². The molecule has 4 rings (SSSR count). The molecule has 170 valence electrons. The van der Waals surface area contributed by atoms with Crippen LogP contribution in [0.4, 0.5) is 0 Å². The molecule has 0 radical (unpaired) electrons. The molecular weight excluding hydrogens is 412 g/mol. The Morgan fingerprint density at radius 3 is 2.62 bits per heavy atom. The number of aliphatic hydroxyl groups excluding tert-OH is 1. The number of hydrogen-bond donors (Lipinski definition) is 3. The summed E-state index contributed by atoms with van der Waals surface area (Å²) in [4.78, 5) is 24.0. The third-order valence-corrected chi connectivity index (χ3v) is 6.29. The quantitative estimate of drug-likeness (QED) is 0.559. The van der Waals surface area contributed by atoms with Crippen molar-refractivity contribution in [3.05, 3.63) is 64.7 Å². The molecule has 1 saturated heterocycles. The van der Waals surface area contributed by atoms with Crippen molar-refractivity contribution in [1.82, 2.24) is 10.9 Å². The minimum absolute atomic E-state index is 0.105. The van der Waals surface area contributed by atoms with E-state index in [0.717, 1.165) is 23.3 Å². The van der Waals surface area contributed by atoms with E-state index in [0.29, 0.717) is 18.6 Å². The molecule has 2 aromatic carbocycles. The first-order chi connectivity index (χ1) is 15.5. The van der Waals surface area contributed by atoms with Crippen LogP contribution in [0.25, 0.3) is 0 Å². The normalized spacial score (nSPS) is 22.7. The topological polar surface area (TPSA) is 106 Å². The van der Waals surface area contributed by atoms with E-state index in [1.54, 1.807) is 24.3 Å². The van der Waals surface area contributed by atoms with Crippen LogP contribution in [0.15, 0.2) is 42.5 Å². The van der Waals surface area contributed by atoms with Crippen LogP contribution in [0.3, 0.4) is 0 Å². The third kappa shape index (κ3) is 4.62. The highest BCUT2D eigenvalue weighted by Crippen LogP contribution is 2.36. The Bertz CT molecular complexity index is 977. The SMILES string of the molecule is COC(=O)CC(c1ccc(C(=O)OC)cc1)C1C(O)NNC1Cc1ccc2c(c1)CCO2. The Labute approximate surface area is 186 Å². The van der Waals surface area contributed by atoms with E-state index in [9.17, 15) is 14.7 Å².